The third kappa shape index (κ3) is 2.47. The van der Waals surface area contributed by atoms with E-state index in [1.54, 1.807) is 23.9 Å². The summed E-state index contributed by atoms with van der Waals surface area (Å²) >= 11 is 0. The zero-order chi connectivity index (χ0) is 12.3. The molecule has 2 rings (SSSR count). The van der Waals surface area contributed by atoms with Crippen molar-refractivity contribution in [1.29, 1.82) is 0 Å². The molecule has 0 atom stereocenters. The van der Waals surface area contributed by atoms with Crippen LogP contribution in [-0.2, 0) is 11.3 Å². The summed E-state index contributed by atoms with van der Waals surface area (Å²) in [5, 5.41) is 16.7. The number of carboxylic acid groups (broad SMARTS) is 1. The molecule has 0 aliphatic carbocycles. The van der Waals surface area contributed by atoms with Crippen LogP contribution in [0.5, 0.6) is 0 Å². The maximum atomic E-state index is 10.6. The highest BCUT2D eigenvalue weighted by atomic mass is 16.4. The van der Waals surface area contributed by atoms with Crippen LogP contribution < -0.4 is 0 Å². The number of aromatic nitrogens is 4. The Kier molecular flexibility index (Phi) is 3.13. The summed E-state index contributed by atoms with van der Waals surface area (Å²) in [5.41, 5.74) is 0.881. The van der Waals surface area contributed by atoms with Crippen LogP contribution in [0.2, 0.25) is 0 Å². The van der Waals surface area contributed by atoms with Crippen LogP contribution in [0, 0.1) is 6.92 Å². The Labute approximate surface area is 98.0 Å². The smallest absolute Gasteiger partial charge is 0.305 e. The predicted octanol–water partition coefficient (Wildman–Crippen LogP) is 1.12. The van der Waals surface area contributed by atoms with Crippen molar-refractivity contribution in [3.05, 3.63) is 30.4 Å². The summed E-state index contributed by atoms with van der Waals surface area (Å²) in [5.74, 6) is 0.544. The molecule has 6 nitrogen and oxygen atoms in total. The lowest BCUT2D eigenvalue weighted by atomic mass is 10.2. The summed E-state index contributed by atoms with van der Waals surface area (Å²) in [7, 11) is 0. The minimum absolute atomic E-state index is 0.0525. The number of aliphatic carboxylic acids is 1. The van der Waals surface area contributed by atoms with Crippen molar-refractivity contribution in [3.63, 3.8) is 0 Å². The summed E-state index contributed by atoms with van der Waals surface area (Å²) in [6, 6.07) is 3.64. The molecule has 0 bridgehead atoms. The summed E-state index contributed by atoms with van der Waals surface area (Å²) in [6.07, 6.45) is 3.39. The van der Waals surface area contributed by atoms with Gasteiger partial charge in [-0.15, -0.1) is 10.2 Å². The van der Waals surface area contributed by atoms with Gasteiger partial charge in [-0.25, -0.2) is 0 Å². The largest absolute Gasteiger partial charge is 0.481 e. The second kappa shape index (κ2) is 4.73. The van der Waals surface area contributed by atoms with Gasteiger partial charge in [0, 0.05) is 24.5 Å². The molecule has 1 N–H and O–H groups in total. The van der Waals surface area contributed by atoms with Crippen LogP contribution in [0.4, 0.5) is 0 Å². The average molecular weight is 232 g/mol. The fourth-order valence-electron chi connectivity index (χ4n) is 1.57. The van der Waals surface area contributed by atoms with Gasteiger partial charge in [-0.2, -0.15) is 0 Å². The van der Waals surface area contributed by atoms with Crippen LogP contribution in [0.3, 0.4) is 0 Å². The van der Waals surface area contributed by atoms with E-state index < -0.39 is 5.97 Å². The molecule has 6 heteroatoms. The SMILES string of the molecule is Cc1nnc(-c2ccncc2)n1CCC(=O)O. The molecule has 2 aromatic heterocycles. The highest BCUT2D eigenvalue weighted by molar-refractivity contribution is 5.66. The Bertz CT molecular complexity index is 522. The molecule has 2 heterocycles. The second-order valence-corrected chi connectivity index (χ2v) is 3.60. The van der Waals surface area contributed by atoms with Gasteiger partial charge in [-0.05, 0) is 19.1 Å². The first kappa shape index (κ1) is 11.3. The van der Waals surface area contributed by atoms with E-state index in [4.69, 9.17) is 5.11 Å². The Morgan fingerprint density at radius 1 is 1.35 bits per heavy atom. The summed E-state index contributed by atoms with van der Waals surface area (Å²) in [6.45, 7) is 2.17. The van der Waals surface area contributed by atoms with Crippen molar-refractivity contribution in [1.82, 2.24) is 19.7 Å². The van der Waals surface area contributed by atoms with E-state index in [1.165, 1.54) is 0 Å². The van der Waals surface area contributed by atoms with E-state index in [0.29, 0.717) is 18.2 Å². The molecule has 0 unspecified atom stereocenters. The number of carboxylic acids is 1. The van der Waals surface area contributed by atoms with Gasteiger partial charge in [0.25, 0.3) is 0 Å². The van der Waals surface area contributed by atoms with Crippen molar-refractivity contribution < 1.29 is 9.90 Å². The minimum Gasteiger partial charge on any atom is -0.481 e. The van der Waals surface area contributed by atoms with Crippen molar-refractivity contribution >= 4 is 5.97 Å². The standard InChI is InChI=1S/C11H12N4O2/c1-8-13-14-11(9-2-5-12-6-3-9)15(8)7-4-10(16)17/h2-3,5-6H,4,7H2,1H3,(H,16,17). The van der Waals surface area contributed by atoms with Crippen molar-refractivity contribution in [2.45, 2.75) is 19.9 Å². The first-order valence-electron chi connectivity index (χ1n) is 5.20. The van der Waals surface area contributed by atoms with Gasteiger partial charge in [-0.1, -0.05) is 0 Å². The van der Waals surface area contributed by atoms with Gasteiger partial charge >= 0.3 is 5.97 Å². The molecule has 2 aromatic rings. The normalized spacial score (nSPS) is 10.4. The maximum Gasteiger partial charge on any atom is 0.305 e. The molecule has 17 heavy (non-hydrogen) atoms. The van der Waals surface area contributed by atoms with Gasteiger partial charge in [0.05, 0.1) is 6.42 Å². The fraction of sp³-hybridized carbons (Fsp3) is 0.273. The lowest BCUT2D eigenvalue weighted by Gasteiger charge is -2.06. The zero-order valence-electron chi connectivity index (χ0n) is 9.37. The molecule has 0 fully saturated rings. The first-order valence-corrected chi connectivity index (χ1v) is 5.20. The van der Waals surface area contributed by atoms with Crippen LogP contribution in [0.25, 0.3) is 11.4 Å². The molecule has 0 aliphatic rings. The third-order valence-corrected chi connectivity index (χ3v) is 2.42. The predicted molar refractivity (Wildman–Crippen MR) is 60.2 cm³/mol. The molecule has 0 radical (unpaired) electrons. The molecule has 0 spiro atoms. The van der Waals surface area contributed by atoms with Crippen molar-refractivity contribution in [2.24, 2.45) is 0 Å². The Hall–Kier alpha value is -2.24. The van der Waals surface area contributed by atoms with Crippen molar-refractivity contribution in [3.8, 4) is 11.4 Å². The van der Waals surface area contributed by atoms with Crippen molar-refractivity contribution in [2.75, 3.05) is 0 Å². The van der Waals surface area contributed by atoms with Gasteiger partial charge in [-0.3, -0.25) is 9.78 Å². The zero-order valence-corrected chi connectivity index (χ0v) is 9.37. The number of nitrogens with zero attached hydrogens (tertiary/aromatic N) is 4. The van der Waals surface area contributed by atoms with Crippen LogP contribution in [0.15, 0.2) is 24.5 Å². The van der Waals surface area contributed by atoms with E-state index in [9.17, 15) is 4.79 Å². The molecule has 0 aliphatic heterocycles. The number of hydrogen-bond donors (Lipinski definition) is 1. The molecule has 0 saturated carbocycles. The molecular weight excluding hydrogens is 220 g/mol. The lowest BCUT2D eigenvalue weighted by molar-refractivity contribution is -0.137. The van der Waals surface area contributed by atoms with Crippen LogP contribution in [-0.4, -0.2) is 30.8 Å². The summed E-state index contributed by atoms with van der Waals surface area (Å²) in [4.78, 5) is 14.5. The van der Waals surface area contributed by atoms with Crippen LogP contribution >= 0.6 is 0 Å². The Balaban J connectivity index is 2.32. The summed E-state index contributed by atoms with van der Waals surface area (Å²) < 4.78 is 1.80. The Morgan fingerprint density at radius 2 is 2.06 bits per heavy atom. The monoisotopic (exact) mass is 232 g/mol. The van der Waals surface area contributed by atoms with E-state index in [0.717, 1.165) is 5.56 Å². The molecule has 0 amide bonds. The van der Waals surface area contributed by atoms with E-state index >= 15 is 0 Å². The topological polar surface area (TPSA) is 80.9 Å². The third-order valence-electron chi connectivity index (χ3n) is 2.42. The van der Waals surface area contributed by atoms with Crippen LogP contribution in [0.1, 0.15) is 12.2 Å². The molecular formula is C11H12N4O2. The van der Waals surface area contributed by atoms with Gasteiger partial charge < -0.3 is 9.67 Å². The van der Waals surface area contributed by atoms with E-state index in [-0.39, 0.29) is 6.42 Å². The van der Waals surface area contributed by atoms with Gasteiger partial charge in [0.2, 0.25) is 0 Å². The fourth-order valence-corrected chi connectivity index (χ4v) is 1.57. The Morgan fingerprint density at radius 3 is 2.71 bits per heavy atom. The second-order valence-electron chi connectivity index (χ2n) is 3.60. The number of carbonyl (C=O) groups is 1. The molecule has 88 valence electrons. The van der Waals surface area contributed by atoms with E-state index in [1.807, 2.05) is 12.1 Å². The lowest BCUT2D eigenvalue weighted by Crippen LogP contribution is -2.07. The molecule has 0 aromatic carbocycles. The first-order chi connectivity index (χ1) is 8.18. The number of hydrogen-bond acceptors (Lipinski definition) is 4. The minimum atomic E-state index is -0.834. The highest BCUT2D eigenvalue weighted by Gasteiger charge is 2.11. The quantitative estimate of drug-likeness (QED) is 0.854. The van der Waals surface area contributed by atoms with E-state index in [2.05, 4.69) is 15.2 Å². The maximum absolute atomic E-state index is 10.6. The highest BCUT2D eigenvalue weighted by Crippen LogP contribution is 2.17. The molecule has 0 saturated heterocycles. The number of aryl methyl sites for hydroxylation is 1. The number of rotatable bonds is 4. The number of pyridine rings is 1. The average Bonchev–Trinajstić information content (AvgIpc) is 2.69. The van der Waals surface area contributed by atoms with Gasteiger partial charge in [0.1, 0.15) is 5.82 Å². The van der Waals surface area contributed by atoms with Gasteiger partial charge in [0.15, 0.2) is 5.82 Å².